The van der Waals surface area contributed by atoms with Crippen LogP contribution in [0.15, 0.2) is 23.1 Å². The van der Waals surface area contributed by atoms with E-state index in [4.69, 9.17) is 11.6 Å². The van der Waals surface area contributed by atoms with Gasteiger partial charge in [-0.05, 0) is 30.8 Å². The molecule has 0 aliphatic rings. The fourth-order valence-electron chi connectivity index (χ4n) is 1.62. The predicted octanol–water partition coefficient (Wildman–Crippen LogP) is 2.63. The second-order valence-corrected chi connectivity index (χ2v) is 6.93. The molecular formula is C12H16ClF3N2O2S. The van der Waals surface area contributed by atoms with Crippen molar-refractivity contribution in [3.63, 3.8) is 0 Å². The van der Waals surface area contributed by atoms with Crippen LogP contribution in [0.5, 0.6) is 0 Å². The van der Waals surface area contributed by atoms with Crippen LogP contribution in [0.2, 0.25) is 5.02 Å². The highest BCUT2D eigenvalue weighted by atomic mass is 35.5. The molecule has 0 unspecified atom stereocenters. The molecule has 0 bridgehead atoms. The zero-order valence-electron chi connectivity index (χ0n) is 11.5. The van der Waals surface area contributed by atoms with Crippen molar-refractivity contribution >= 4 is 21.6 Å². The summed E-state index contributed by atoms with van der Waals surface area (Å²) in [5.41, 5.74) is 0.560. The van der Waals surface area contributed by atoms with Crippen LogP contribution in [0, 0.1) is 0 Å². The third-order valence-corrected chi connectivity index (χ3v) is 5.02. The van der Waals surface area contributed by atoms with Gasteiger partial charge in [-0.3, -0.25) is 0 Å². The average molecular weight is 345 g/mol. The fourth-order valence-corrected chi connectivity index (χ4v) is 3.03. The number of nitrogens with zero attached hydrogens (tertiary/aromatic N) is 1. The molecule has 0 saturated carbocycles. The Morgan fingerprint density at radius 3 is 2.48 bits per heavy atom. The van der Waals surface area contributed by atoms with Crippen LogP contribution in [0.1, 0.15) is 12.0 Å². The average Bonchev–Trinajstić information content (AvgIpc) is 2.37. The Kier molecular flexibility index (Phi) is 6.03. The van der Waals surface area contributed by atoms with E-state index in [-0.39, 0.29) is 4.90 Å². The van der Waals surface area contributed by atoms with Gasteiger partial charge in [-0.1, -0.05) is 11.6 Å². The Labute approximate surface area is 126 Å². The van der Waals surface area contributed by atoms with Crippen LogP contribution in [-0.4, -0.2) is 39.5 Å². The van der Waals surface area contributed by atoms with E-state index in [9.17, 15) is 21.6 Å². The van der Waals surface area contributed by atoms with Gasteiger partial charge in [0.15, 0.2) is 0 Å². The van der Waals surface area contributed by atoms with Gasteiger partial charge in [0.25, 0.3) is 0 Å². The molecule has 0 heterocycles. The van der Waals surface area contributed by atoms with Gasteiger partial charge in [-0.2, -0.15) is 13.2 Å². The Balaban J connectivity index is 2.99. The summed E-state index contributed by atoms with van der Waals surface area (Å²) < 4.78 is 61.6. The molecule has 1 N–H and O–H groups in total. The largest absolute Gasteiger partial charge is 0.390 e. The number of halogens is 4. The van der Waals surface area contributed by atoms with Crippen LogP contribution in [0.3, 0.4) is 0 Å². The number of alkyl halides is 3. The number of benzene rings is 1. The molecule has 0 fully saturated rings. The van der Waals surface area contributed by atoms with Crippen molar-refractivity contribution in [2.24, 2.45) is 0 Å². The van der Waals surface area contributed by atoms with Crippen LogP contribution in [0.25, 0.3) is 0 Å². The highest BCUT2D eigenvalue weighted by Crippen LogP contribution is 2.24. The lowest BCUT2D eigenvalue weighted by Crippen LogP contribution is -2.30. The molecule has 0 atom stereocenters. The number of rotatable bonds is 6. The van der Waals surface area contributed by atoms with Crippen molar-refractivity contribution in [3.05, 3.63) is 28.8 Å². The summed E-state index contributed by atoms with van der Waals surface area (Å²) in [5, 5.41) is 3.23. The first kappa shape index (κ1) is 18.2. The number of nitrogens with one attached hydrogen (secondary N) is 1. The van der Waals surface area contributed by atoms with Crippen molar-refractivity contribution < 1.29 is 21.6 Å². The smallest absolute Gasteiger partial charge is 0.316 e. The molecule has 0 radical (unpaired) electrons. The number of sulfonamides is 1. The molecule has 0 saturated heterocycles. The van der Waals surface area contributed by atoms with Crippen LogP contribution < -0.4 is 5.32 Å². The minimum Gasteiger partial charge on any atom is -0.316 e. The normalized spacial score (nSPS) is 12.9. The molecule has 9 heteroatoms. The van der Waals surface area contributed by atoms with Crippen molar-refractivity contribution in [2.75, 3.05) is 20.6 Å². The molecule has 4 nitrogen and oxygen atoms in total. The van der Waals surface area contributed by atoms with E-state index < -0.39 is 29.2 Å². The third-order valence-electron chi connectivity index (χ3n) is 2.80. The molecule has 0 spiro atoms. The highest BCUT2D eigenvalue weighted by molar-refractivity contribution is 7.89. The lowest BCUT2D eigenvalue weighted by molar-refractivity contribution is -0.135. The monoisotopic (exact) mass is 344 g/mol. The lowest BCUT2D eigenvalue weighted by Gasteiger charge is -2.18. The van der Waals surface area contributed by atoms with E-state index in [0.29, 0.717) is 21.4 Å². The maximum Gasteiger partial charge on any atom is 0.390 e. The van der Waals surface area contributed by atoms with Crippen molar-refractivity contribution in [2.45, 2.75) is 24.0 Å². The molecule has 0 aliphatic heterocycles. The topological polar surface area (TPSA) is 49.4 Å². The zero-order chi connectivity index (χ0) is 16.3. The zero-order valence-corrected chi connectivity index (χ0v) is 13.1. The van der Waals surface area contributed by atoms with E-state index in [1.165, 1.54) is 18.2 Å². The maximum atomic E-state index is 12.2. The van der Waals surface area contributed by atoms with Crippen LogP contribution in [-0.2, 0) is 16.6 Å². The summed E-state index contributed by atoms with van der Waals surface area (Å²) in [5.74, 6) is 0. The first-order valence-electron chi connectivity index (χ1n) is 6.04. The molecule has 0 aliphatic carbocycles. The Bertz CT molecular complexity index is 591. The van der Waals surface area contributed by atoms with E-state index in [0.717, 1.165) is 7.05 Å². The van der Waals surface area contributed by atoms with Gasteiger partial charge >= 0.3 is 6.18 Å². The summed E-state index contributed by atoms with van der Waals surface area (Å²) in [6.07, 6.45) is -5.60. The fraction of sp³-hybridized carbons (Fsp3) is 0.500. The van der Waals surface area contributed by atoms with Gasteiger partial charge in [0, 0.05) is 25.2 Å². The predicted molar refractivity (Wildman–Crippen MR) is 74.7 cm³/mol. The van der Waals surface area contributed by atoms with E-state index in [1.807, 2.05) is 0 Å². The Hall–Kier alpha value is -0.830. The highest BCUT2D eigenvalue weighted by Gasteiger charge is 2.30. The summed E-state index contributed by atoms with van der Waals surface area (Å²) in [6, 6.07) is 4.05. The maximum absolute atomic E-state index is 12.2. The third kappa shape index (κ3) is 5.14. The Morgan fingerprint density at radius 2 is 1.95 bits per heavy atom. The van der Waals surface area contributed by atoms with Gasteiger partial charge < -0.3 is 5.32 Å². The second kappa shape index (κ2) is 6.95. The molecule has 0 aromatic heterocycles. The lowest BCUT2D eigenvalue weighted by atomic mass is 10.2. The van der Waals surface area contributed by atoms with Gasteiger partial charge in [0.1, 0.15) is 0 Å². The number of hydrogen-bond acceptors (Lipinski definition) is 3. The van der Waals surface area contributed by atoms with E-state index >= 15 is 0 Å². The van der Waals surface area contributed by atoms with Gasteiger partial charge in [-0.15, -0.1) is 0 Å². The Morgan fingerprint density at radius 1 is 1.33 bits per heavy atom. The van der Waals surface area contributed by atoms with Crippen molar-refractivity contribution in [1.82, 2.24) is 9.62 Å². The quantitative estimate of drug-likeness (QED) is 0.863. The summed E-state index contributed by atoms with van der Waals surface area (Å²) >= 11 is 5.93. The van der Waals surface area contributed by atoms with E-state index in [2.05, 4.69) is 5.32 Å². The minimum absolute atomic E-state index is 0.0816. The molecule has 1 aromatic rings. The summed E-state index contributed by atoms with van der Waals surface area (Å²) in [7, 11) is -1.18. The van der Waals surface area contributed by atoms with Gasteiger partial charge in [0.2, 0.25) is 10.0 Å². The van der Waals surface area contributed by atoms with Crippen LogP contribution in [0.4, 0.5) is 13.2 Å². The SMILES string of the molecule is CNCc1cc(S(=O)(=O)N(C)CCC(F)(F)F)ccc1Cl. The summed E-state index contributed by atoms with van der Waals surface area (Å²) in [6.45, 7) is -0.274. The first-order valence-corrected chi connectivity index (χ1v) is 7.86. The minimum atomic E-state index is -4.40. The molecule has 21 heavy (non-hydrogen) atoms. The summed E-state index contributed by atoms with van der Waals surface area (Å²) in [4.78, 5) is -0.0816. The van der Waals surface area contributed by atoms with Crippen LogP contribution >= 0.6 is 11.6 Å². The van der Waals surface area contributed by atoms with Gasteiger partial charge in [0.05, 0.1) is 11.3 Å². The molecule has 0 amide bonds. The second-order valence-electron chi connectivity index (χ2n) is 4.48. The first-order chi connectivity index (χ1) is 9.58. The van der Waals surface area contributed by atoms with E-state index in [1.54, 1.807) is 7.05 Å². The molecule has 1 aromatic carbocycles. The standard InChI is InChI=1S/C12H16ClF3N2O2S/c1-17-8-9-7-10(3-4-11(9)13)21(19,20)18(2)6-5-12(14,15)16/h3-4,7,17H,5-6,8H2,1-2H3. The van der Waals surface area contributed by atoms with Gasteiger partial charge in [-0.25, -0.2) is 12.7 Å². The van der Waals surface area contributed by atoms with Crippen molar-refractivity contribution in [3.8, 4) is 0 Å². The molecule has 1 rings (SSSR count). The molecule has 120 valence electrons. The van der Waals surface area contributed by atoms with Crippen molar-refractivity contribution in [1.29, 1.82) is 0 Å². The number of hydrogen-bond donors (Lipinski definition) is 1. The molecular weight excluding hydrogens is 329 g/mol.